The summed E-state index contributed by atoms with van der Waals surface area (Å²) in [5, 5.41) is 8.58. The van der Waals surface area contributed by atoms with Gasteiger partial charge in [0, 0.05) is 43.0 Å². The molecule has 0 saturated carbocycles. The summed E-state index contributed by atoms with van der Waals surface area (Å²) in [7, 11) is 1.66. The monoisotopic (exact) mass is 444 g/mol. The van der Waals surface area contributed by atoms with E-state index in [0.29, 0.717) is 17.3 Å². The van der Waals surface area contributed by atoms with Gasteiger partial charge in [-0.05, 0) is 42.5 Å². The van der Waals surface area contributed by atoms with Crippen LogP contribution in [0.15, 0.2) is 83.3 Å². The molecule has 2 heterocycles. The van der Waals surface area contributed by atoms with Gasteiger partial charge >= 0.3 is 0 Å². The minimum atomic E-state index is -0.450. The van der Waals surface area contributed by atoms with Gasteiger partial charge in [0.2, 0.25) is 11.8 Å². The summed E-state index contributed by atoms with van der Waals surface area (Å²) in [6.45, 7) is 3.07. The van der Waals surface area contributed by atoms with Crippen molar-refractivity contribution in [2.45, 2.75) is 6.04 Å². The van der Waals surface area contributed by atoms with Crippen LogP contribution >= 0.6 is 0 Å². The highest BCUT2D eigenvalue weighted by molar-refractivity contribution is 5.52. The van der Waals surface area contributed by atoms with Crippen LogP contribution in [0.5, 0.6) is 5.75 Å². The summed E-state index contributed by atoms with van der Waals surface area (Å²) in [6.07, 6.45) is 0. The third-order valence-electron chi connectivity index (χ3n) is 6.01. The van der Waals surface area contributed by atoms with E-state index in [4.69, 9.17) is 9.15 Å². The van der Waals surface area contributed by atoms with E-state index >= 15 is 0 Å². The summed E-state index contributed by atoms with van der Waals surface area (Å²) in [5.74, 6) is 1.39. The van der Waals surface area contributed by atoms with E-state index in [-0.39, 0.29) is 5.82 Å². The van der Waals surface area contributed by atoms with Crippen molar-refractivity contribution in [3.8, 4) is 17.2 Å². The molecule has 0 N–H and O–H groups in total. The zero-order valence-corrected chi connectivity index (χ0v) is 18.4. The number of hydrogen-bond donors (Lipinski definition) is 0. The molecular formula is C26H25FN4O2. The van der Waals surface area contributed by atoms with E-state index in [2.05, 4.69) is 32.1 Å². The van der Waals surface area contributed by atoms with E-state index in [1.165, 1.54) is 6.07 Å². The Hall–Kier alpha value is -3.71. The quantitative estimate of drug-likeness (QED) is 0.426. The second-order valence-corrected chi connectivity index (χ2v) is 7.96. The zero-order chi connectivity index (χ0) is 22.6. The number of benzene rings is 3. The molecule has 33 heavy (non-hydrogen) atoms. The number of nitrogens with zero attached hydrogens (tertiary/aromatic N) is 4. The number of halogens is 1. The third-order valence-corrected chi connectivity index (χ3v) is 6.01. The molecule has 0 amide bonds. The van der Waals surface area contributed by atoms with Gasteiger partial charge < -0.3 is 14.1 Å². The highest BCUT2D eigenvalue weighted by Gasteiger charge is 2.32. The highest BCUT2D eigenvalue weighted by Crippen LogP contribution is 2.33. The summed E-state index contributed by atoms with van der Waals surface area (Å²) in [6, 6.07) is 24.0. The minimum absolute atomic E-state index is 0.278. The lowest BCUT2D eigenvalue weighted by atomic mass is 10.0. The second-order valence-electron chi connectivity index (χ2n) is 7.96. The van der Waals surface area contributed by atoms with Crippen LogP contribution in [0.3, 0.4) is 0 Å². The van der Waals surface area contributed by atoms with Gasteiger partial charge in [0.1, 0.15) is 17.6 Å². The molecule has 1 atom stereocenters. The molecule has 1 saturated heterocycles. The molecule has 5 rings (SSSR count). The number of anilines is 1. The van der Waals surface area contributed by atoms with Crippen LogP contribution in [0.25, 0.3) is 11.5 Å². The average molecular weight is 445 g/mol. The summed E-state index contributed by atoms with van der Waals surface area (Å²) in [4.78, 5) is 4.53. The number of methoxy groups -OCH3 is 1. The number of aromatic nitrogens is 2. The van der Waals surface area contributed by atoms with Crippen LogP contribution in [-0.4, -0.2) is 48.4 Å². The van der Waals surface area contributed by atoms with Gasteiger partial charge in [0.05, 0.1) is 7.11 Å². The largest absolute Gasteiger partial charge is 0.497 e. The van der Waals surface area contributed by atoms with Gasteiger partial charge in [0.15, 0.2) is 0 Å². The molecule has 0 unspecified atom stereocenters. The Morgan fingerprint density at radius 3 is 2.24 bits per heavy atom. The molecule has 1 aliphatic rings. The molecule has 3 aromatic carbocycles. The lowest BCUT2D eigenvalue weighted by Gasteiger charge is -2.39. The fraction of sp³-hybridized carbons (Fsp3) is 0.231. The molecule has 1 fully saturated rings. The molecule has 6 nitrogen and oxygen atoms in total. The van der Waals surface area contributed by atoms with Crippen molar-refractivity contribution in [3.05, 3.63) is 96.1 Å². The number of ether oxygens (including phenoxy) is 1. The van der Waals surface area contributed by atoms with Crippen molar-refractivity contribution in [1.82, 2.24) is 15.1 Å². The van der Waals surface area contributed by atoms with Crippen molar-refractivity contribution < 1.29 is 13.5 Å². The Bertz CT molecular complexity index is 1190. The van der Waals surface area contributed by atoms with E-state index < -0.39 is 6.04 Å². The van der Waals surface area contributed by atoms with E-state index in [9.17, 15) is 4.39 Å². The maximum atomic E-state index is 14.9. The lowest BCUT2D eigenvalue weighted by Crippen LogP contribution is -2.48. The fourth-order valence-corrected chi connectivity index (χ4v) is 4.26. The van der Waals surface area contributed by atoms with Gasteiger partial charge in [-0.15, -0.1) is 10.2 Å². The van der Waals surface area contributed by atoms with Crippen LogP contribution in [0.1, 0.15) is 17.5 Å². The van der Waals surface area contributed by atoms with Gasteiger partial charge in [-0.2, -0.15) is 0 Å². The van der Waals surface area contributed by atoms with Crippen LogP contribution in [0, 0.1) is 5.82 Å². The van der Waals surface area contributed by atoms with Gasteiger partial charge in [-0.3, -0.25) is 4.90 Å². The second kappa shape index (κ2) is 9.42. The molecular weight excluding hydrogens is 419 g/mol. The molecule has 168 valence electrons. The highest BCUT2D eigenvalue weighted by atomic mass is 19.1. The molecule has 1 aromatic heterocycles. The smallest absolute Gasteiger partial charge is 0.247 e. The Balaban J connectivity index is 1.40. The first-order valence-electron chi connectivity index (χ1n) is 11.0. The normalized spacial score (nSPS) is 15.4. The van der Waals surface area contributed by atoms with Gasteiger partial charge in [-0.25, -0.2) is 4.39 Å². The first-order chi connectivity index (χ1) is 16.2. The molecule has 7 heteroatoms. The predicted molar refractivity (Wildman–Crippen MR) is 125 cm³/mol. The third kappa shape index (κ3) is 4.45. The standard InChI is InChI=1S/C26H25FN4O2/c1-32-21-13-11-20(12-14-21)30-15-17-31(18-16-30)24(22-9-5-6-10-23(22)27)26-29-28-25(33-26)19-7-3-2-4-8-19/h2-14,24H,15-18H2,1H3/t24-/m0/s1. The van der Waals surface area contributed by atoms with E-state index in [0.717, 1.165) is 43.2 Å². The topological polar surface area (TPSA) is 54.6 Å². The number of piperazine rings is 1. The fourth-order valence-electron chi connectivity index (χ4n) is 4.26. The van der Waals surface area contributed by atoms with E-state index in [1.54, 1.807) is 19.2 Å². The number of hydrogen-bond acceptors (Lipinski definition) is 6. The Labute approximate surface area is 192 Å². The van der Waals surface area contributed by atoms with Crippen LogP contribution < -0.4 is 9.64 Å². The van der Waals surface area contributed by atoms with Crippen molar-refractivity contribution in [2.75, 3.05) is 38.2 Å². The van der Waals surface area contributed by atoms with Crippen molar-refractivity contribution in [2.24, 2.45) is 0 Å². The molecule has 0 radical (unpaired) electrons. The molecule has 0 bridgehead atoms. The lowest BCUT2D eigenvalue weighted by molar-refractivity contribution is 0.184. The van der Waals surface area contributed by atoms with Gasteiger partial charge in [-0.1, -0.05) is 36.4 Å². The Morgan fingerprint density at radius 1 is 0.848 bits per heavy atom. The first-order valence-corrected chi connectivity index (χ1v) is 11.0. The summed E-state index contributed by atoms with van der Waals surface area (Å²) >= 11 is 0. The molecule has 4 aromatic rings. The Morgan fingerprint density at radius 2 is 1.55 bits per heavy atom. The molecule has 0 spiro atoms. The summed E-state index contributed by atoms with van der Waals surface area (Å²) < 4.78 is 26.2. The van der Waals surface area contributed by atoms with E-state index in [1.807, 2.05) is 48.5 Å². The number of rotatable bonds is 6. The minimum Gasteiger partial charge on any atom is -0.497 e. The molecule has 1 aliphatic heterocycles. The first kappa shape index (κ1) is 21.2. The van der Waals surface area contributed by atoms with Crippen LogP contribution in [0.2, 0.25) is 0 Å². The van der Waals surface area contributed by atoms with Crippen LogP contribution in [0.4, 0.5) is 10.1 Å². The summed E-state index contributed by atoms with van der Waals surface area (Å²) in [5.41, 5.74) is 2.52. The SMILES string of the molecule is COc1ccc(N2CCN([C@H](c3nnc(-c4ccccc4)o3)c3ccccc3F)CC2)cc1. The average Bonchev–Trinajstić information content (AvgIpc) is 3.36. The predicted octanol–water partition coefficient (Wildman–Crippen LogP) is 4.80. The van der Waals surface area contributed by atoms with Crippen molar-refractivity contribution in [3.63, 3.8) is 0 Å². The van der Waals surface area contributed by atoms with Crippen molar-refractivity contribution in [1.29, 1.82) is 0 Å². The van der Waals surface area contributed by atoms with Crippen LogP contribution in [-0.2, 0) is 0 Å². The maximum Gasteiger partial charge on any atom is 0.247 e. The Kier molecular flexibility index (Phi) is 6.04. The molecule has 0 aliphatic carbocycles. The maximum absolute atomic E-state index is 14.9. The van der Waals surface area contributed by atoms with Gasteiger partial charge in [0.25, 0.3) is 0 Å². The van der Waals surface area contributed by atoms with Crippen molar-refractivity contribution >= 4 is 5.69 Å². The zero-order valence-electron chi connectivity index (χ0n) is 18.4.